The fourth-order valence-electron chi connectivity index (χ4n) is 3.68. The van der Waals surface area contributed by atoms with Gasteiger partial charge in [-0.15, -0.1) is 0 Å². The Labute approximate surface area is 171 Å². The lowest BCUT2D eigenvalue weighted by molar-refractivity contribution is 0.248. The number of amides is 2. The lowest BCUT2D eigenvalue weighted by atomic mass is 10.2. The van der Waals surface area contributed by atoms with Crippen molar-refractivity contribution in [3.8, 4) is 0 Å². The molecule has 7 nitrogen and oxygen atoms in total. The first-order chi connectivity index (χ1) is 13.8. The molecule has 2 aliphatic rings. The topological polar surface area (TPSA) is 91.4 Å². The molecular formula is C18H20F2N4O3S2. The SMILES string of the molecule is O=C(Nc1nc2c(s1)CN(S(=O)(=O)c1c(F)cccc1F)CC2)NC1CCCC1. The van der Waals surface area contributed by atoms with Gasteiger partial charge in [-0.2, -0.15) is 4.31 Å². The number of carbonyl (C=O) groups excluding carboxylic acids is 1. The molecule has 1 aliphatic carbocycles. The summed E-state index contributed by atoms with van der Waals surface area (Å²) in [6.07, 6.45) is 4.42. The van der Waals surface area contributed by atoms with Crippen LogP contribution in [0.15, 0.2) is 23.1 Å². The summed E-state index contributed by atoms with van der Waals surface area (Å²) in [6, 6.07) is 2.80. The molecule has 2 aromatic rings. The molecule has 1 aliphatic heterocycles. The third-order valence-corrected chi connectivity index (χ3v) is 8.02. The molecule has 0 saturated heterocycles. The zero-order chi connectivity index (χ0) is 20.6. The maximum absolute atomic E-state index is 14.0. The van der Waals surface area contributed by atoms with Gasteiger partial charge in [-0.3, -0.25) is 5.32 Å². The summed E-state index contributed by atoms with van der Waals surface area (Å²) in [5.74, 6) is -2.24. The van der Waals surface area contributed by atoms with E-state index in [-0.39, 0.29) is 25.2 Å². The van der Waals surface area contributed by atoms with Gasteiger partial charge in [0.15, 0.2) is 10.0 Å². The Morgan fingerprint density at radius 1 is 1.21 bits per heavy atom. The second-order valence-corrected chi connectivity index (χ2v) is 10.1. The number of hydrogen-bond acceptors (Lipinski definition) is 5. The smallest absolute Gasteiger partial charge is 0.321 e. The van der Waals surface area contributed by atoms with Gasteiger partial charge in [0, 0.05) is 23.9 Å². The largest absolute Gasteiger partial charge is 0.335 e. The number of thiazole rings is 1. The Morgan fingerprint density at radius 3 is 2.59 bits per heavy atom. The number of carbonyl (C=O) groups is 1. The molecule has 1 fully saturated rings. The van der Waals surface area contributed by atoms with E-state index in [1.807, 2.05) is 0 Å². The van der Waals surface area contributed by atoms with Gasteiger partial charge in [0.1, 0.15) is 11.6 Å². The molecule has 2 N–H and O–H groups in total. The second kappa shape index (κ2) is 7.96. The van der Waals surface area contributed by atoms with Gasteiger partial charge >= 0.3 is 6.03 Å². The summed E-state index contributed by atoms with van der Waals surface area (Å²) in [5.41, 5.74) is 0.687. The van der Waals surface area contributed by atoms with Gasteiger partial charge in [0.05, 0.1) is 12.2 Å². The van der Waals surface area contributed by atoms with Crippen LogP contribution in [-0.4, -0.2) is 36.3 Å². The monoisotopic (exact) mass is 442 g/mol. The Hall–Kier alpha value is -2.11. The number of fused-ring (bicyclic) bond motifs is 1. The predicted molar refractivity (Wildman–Crippen MR) is 104 cm³/mol. The summed E-state index contributed by atoms with van der Waals surface area (Å²) >= 11 is 1.17. The van der Waals surface area contributed by atoms with Crippen molar-refractivity contribution < 1.29 is 22.0 Å². The van der Waals surface area contributed by atoms with E-state index >= 15 is 0 Å². The molecule has 156 valence electrons. The third-order valence-electron chi connectivity index (χ3n) is 5.12. The molecule has 1 saturated carbocycles. The Balaban J connectivity index is 1.48. The van der Waals surface area contributed by atoms with Crippen molar-refractivity contribution in [2.75, 3.05) is 11.9 Å². The second-order valence-electron chi connectivity index (χ2n) is 7.11. The van der Waals surface area contributed by atoms with Crippen LogP contribution in [0.4, 0.5) is 18.7 Å². The van der Waals surface area contributed by atoms with Crippen molar-refractivity contribution in [1.82, 2.24) is 14.6 Å². The molecule has 2 heterocycles. The number of aromatic nitrogens is 1. The number of sulfonamides is 1. The van der Waals surface area contributed by atoms with Crippen LogP contribution in [0.1, 0.15) is 36.3 Å². The zero-order valence-corrected chi connectivity index (χ0v) is 17.1. The van der Waals surface area contributed by atoms with Crippen molar-refractivity contribution >= 4 is 32.5 Å². The first-order valence-electron chi connectivity index (χ1n) is 9.35. The number of urea groups is 1. The van der Waals surface area contributed by atoms with Gasteiger partial charge in [-0.25, -0.2) is 27.0 Å². The Kier molecular flexibility index (Phi) is 5.54. The number of halogens is 2. The lowest BCUT2D eigenvalue weighted by Gasteiger charge is -2.25. The average molecular weight is 443 g/mol. The van der Waals surface area contributed by atoms with E-state index in [2.05, 4.69) is 15.6 Å². The molecule has 0 bridgehead atoms. The lowest BCUT2D eigenvalue weighted by Crippen LogP contribution is -2.36. The first kappa shape index (κ1) is 20.2. The van der Waals surface area contributed by atoms with E-state index in [0.29, 0.717) is 22.1 Å². The highest BCUT2D eigenvalue weighted by Gasteiger charge is 2.34. The molecule has 1 aromatic carbocycles. The maximum Gasteiger partial charge on any atom is 0.321 e. The number of anilines is 1. The quantitative estimate of drug-likeness (QED) is 0.761. The molecule has 1 aromatic heterocycles. The number of benzene rings is 1. The van der Waals surface area contributed by atoms with Crippen LogP contribution in [-0.2, 0) is 23.0 Å². The highest BCUT2D eigenvalue weighted by molar-refractivity contribution is 7.89. The van der Waals surface area contributed by atoms with E-state index in [0.717, 1.165) is 48.2 Å². The van der Waals surface area contributed by atoms with Crippen LogP contribution in [0.25, 0.3) is 0 Å². The summed E-state index contributed by atoms with van der Waals surface area (Å²) in [5, 5.41) is 5.98. The van der Waals surface area contributed by atoms with Crippen LogP contribution in [0, 0.1) is 11.6 Å². The summed E-state index contributed by atoms with van der Waals surface area (Å²) in [4.78, 5) is 16.2. The fraction of sp³-hybridized carbons (Fsp3) is 0.444. The molecule has 0 atom stereocenters. The minimum atomic E-state index is -4.33. The van der Waals surface area contributed by atoms with Crippen molar-refractivity contribution in [2.45, 2.75) is 49.6 Å². The van der Waals surface area contributed by atoms with Gasteiger partial charge in [0.2, 0.25) is 10.0 Å². The van der Waals surface area contributed by atoms with E-state index in [1.54, 1.807) is 0 Å². The zero-order valence-electron chi connectivity index (χ0n) is 15.5. The summed E-state index contributed by atoms with van der Waals surface area (Å²) < 4.78 is 54.6. The summed E-state index contributed by atoms with van der Waals surface area (Å²) in [6.45, 7) is 0.00951. The van der Waals surface area contributed by atoms with E-state index in [1.165, 1.54) is 11.3 Å². The van der Waals surface area contributed by atoms with Crippen molar-refractivity contribution in [3.63, 3.8) is 0 Å². The molecule has 29 heavy (non-hydrogen) atoms. The fourth-order valence-corrected chi connectivity index (χ4v) is 6.30. The van der Waals surface area contributed by atoms with Crippen LogP contribution >= 0.6 is 11.3 Å². The number of rotatable bonds is 4. The van der Waals surface area contributed by atoms with E-state index in [9.17, 15) is 22.0 Å². The normalized spacial score (nSPS) is 17.9. The average Bonchev–Trinajstić information content (AvgIpc) is 3.29. The van der Waals surface area contributed by atoms with Gasteiger partial charge in [-0.1, -0.05) is 30.2 Å². The Bertz CT molecular complexity index is 1020. The molecule has 2 amide bonds. The number of nitrogens with zero attached hydrogens (tertiary/aromatic N) is 2. The van der Waals surface area contributed by atoms with Crippen molar-refractivity contribution in [3.05, 3.63) is 40.4 Å². The van der Waals surface area contributed by atoms with Crippen molar-refractivity contribution in [2.24, 2.45) is 0 Å². The van der Waals surface area contributed by atoms with E-state index < -0.39 is 26.6 Å². The third kappa shape index (κ3) is 4.12. The highest BCUT2D eigenvalue weighted by atomic mass is 32.2. The molecule has 0 spiro atoms. The standard InChI is InChI=1S/C18H20F2N4O3S2/c19-12-6-3-7-13(20)16(12)29(26,27)24-9-8-14-15(10-24)28-18(22-14)23-17(25)21-11-4-1-2-5-11/h3,6-7,11H,1-2,4-5,8-10H2,(H2,21,22,23,25). The molecular weight excluding hydrogens is 422 g/mol. The van der Waals surface area contributed by atoms with Crippen LogP contribution in [0.2, 0.25) is 0 Å². The van der Waals surface area contributed by atoms with Crippen LogP contribution < -0.4 is 10.6 Å². The molecule has 11 heteroatoms. The summed E-state index contributed by atoms with van der Waals surface area (Å²) in [7, 11) is -4.33. The van der Waals surface area contributed by atoms with Crippen LogP contribution in [0.5, 0.6) is 0 Å². The minimum Gasteiger partial charge on any atom is -0.335 e. The highest BCUT2D eigenvalue weighted by Crippen LogP contribution is 2.32. The maximum atomic E-state index is 14.0. The molecule has 0 unspecified atom stereocenters. The van der Waals surface area contributed by atoms with Crippen LogP contribution in [0.3, 0.4) is 0 Å². The number of hydrogen-bond donors (Lipinski definition) is 2. The molecule has 4 rings (SSSR count). The van der Waals surface area contributed by atoms with E-state index in [4.69, 9.17) is 0 Å². The first-order valence-corrected chi connectivity index (χ1v) is 11.6. The number of nitrogens with one attached hydrogen (secondary N) is 2. The predicted octanol–water partition coefficient (Wildman–Crippen LogP) is 3.23. The molecule has 0 radical (unpaired) electrons. The van der Waals surface area contributed by atoms with Gasteiger partial charge in [0.25, 0.3) is 0 Å². The van der Waals surface area contributed by atoms with Gasteiger partial charge in [-0.05, 0) is 25.0 Å². The van der Waals surface area contributed by atoms with Crippen molar-refractivity contribution in [1.29, 1.82) is 0 Å². The Morgan fingerprint density at radius 2 is 1.90 bits per heavy atom. The minimum absolute atomic E-state index is 0.0466. The van der Waals surface area contributed by atoms with Gasteiger partial charge < -0.3 is 5.32 Å².